The molecule has 0 spiro atoms. The second-order valence-electron chi connectivity index (χ2n) is 4.80. The number of aryl methyl sites for hydroxylation is 1. The smallest absolute Gasteiger partial charge is 0.323 e. The quantitative estimate of drug-likeness (QED) is 0.778. The van der Waals surface area contributed by atoms with Gasteiger partial charge in [-0.1, -0.05) is 0 Å². The summed E-state index contributed by atoms with van der Waals surface area (Å²) in [6, 6.07) is 4.12. The molecule has 0 aliphatic carbocycles. The van der Waals surface area contributed by atoms with Gasteiger partial charge in [0.05, 0.1) is 24.4 Å². The number of aromatic nitrogens is 4. The van der Waals surface area contributed by atoms with Crippen molar-refractivity contribution >= 4 is 11.2 Å². The van der Waals surface area contributed by atoms with Crippen LogP contribution in [0.3, 0.4) is 0 Å². The summed E-state index contributed by atoms with van der Waals surface area (Å²) in [5.41, 5.74) is -0.307. The average molecular weight is 286 g/mol. The summed E-state index contributed by atoms with van der Waals surface area (Å²) in [7, 11) is 2.94. The van der Waals surface area contributed by atoms with Gasteiger partial charge in [0.2, 0.25) is 0 Å². The van der Waals surface area contributed by atoms with Gasteiger partial charge in [-0.3, -0.25) is 13.9 Å². The highest BCUT2D eigenvalue weighted by atomic mass is 16.2. The molecule has 2 heterocycles. The molecule has 0 fully saturated rings. The number of rotatable bonds is 4. The van der Waals surface area contributed by atoms with Gasteiger partial charge in [-0.15, -0.1) is 0 Å². The van der Waals surface area contributed by atoms with E-state index in [4.69, 9.17) is 10.5 Å². The molecule has 0 amide bonds. The number of fused-ring (bicyclic) bond motifs is 1. The lowest BCUT2D eigenvalue weighted by atomic mass is 10.1. The van der Waals surface area contributed by atoms with Gasteiger partial charge in [0.25, 0.3) is 5.56 Å². The summed E-state index contributed by atoms with van der Waals surface area (Å²) in [5.74, 6) is -0.385. The van der Waals surface area contributed by atoms with Gasteiger partial charge in [-0.2, -0.15) is 10.5 Å². The van der Waals surface area contributed by atoms with Gasteiger partial charge < -0.3 is 4.57 Å². The molecular formula is C13H14N6O2. The molecule has 0 aliphatic heterocycles. The zero-order chi connectivity index (χ0) is 15.6. The van der Waals surface area contributed by atoms with Gasteiger partial charge in [0.1, 0.15) is 0 Å². The normalized spacial score (nSPS) is 12.0. The largest absolute Gasteiger partial charge is 0.332 e. The van der Waals surface area contributed by atoms with Crippen LogP contribution in [0, 0.1) is 28.6 Å². The minimum absolute atomic E-state index is 0.266. The Hall–Kier alpha value is -2.87. The van der Waals surface area contributed by atoms with Crippen molar-refractivity contribution in [1.29, 1.82) is 10.5 Å². The Morgan fingerprint density at radius 2 is 2.00 bits per heavy atom. The first kappa shape index (κ1) is 14.5. The van der Waals surface area contributed by atoms with Crippen molar-refractivity contribution in [3.8, 4) is 12.1 Å². The lowest BCUT2D eigenvalue weighted by molar-refractivity contribution is 0.517. The predicted molar refractivity (Wildman–Crippen MR) is 74.2 cm³/mol. The molecule has 0 saturated carbocycles. The SMILES string of the molecule is Cn1c(=O)c2c(ncn2CC(C#N)CCC#N)n(C)c1=O. The second kappa shape index (κ2) is 5.63. The lowest BCUT2D eigenvalue weighted by Gasteiger charge is -2.09. The number of imidazole rings is 1. The van der Waals surface area contributed by atoms with Crippen LogP contribution in [-0.4, -0.2) is 18.7 Å². The molecule has 108 valence electrons. The van der Waals surface area contributed by atoms with E-state index in [0.29, 0.717) is 12.1 Å². The Morgan fingerprint density at radius 1 is 1.29 bits per heavy atom. The van der Waals surface area contributed by atoms with Crippen molar-refractivity contribution in [2.45, 2.75) is 19.4 Å². The van der Waals surface area contributed by atoms with Crippen molar-refractivity contribution in [2.75, 3.05) is 0 Å². The minimum Gasteiger partial charge on any atom is -0.323 e. The first-order chi connectivity index (χ1) is 10.0. The third-order valence-electron chi connectivity index (χ3n) is 3.42. The molecule has 0 radical (unpaired) electrons. The highest BCUT2D eigenvalue weighted by Crippen LogP contribution is 2.12. The Labute approximate surface area is 120 Å². The second-order valence-corrected chi connectivity index (χ2v) is 4.80. The number of nitrogens with zero attached hydrogens (tertiary/aromatic N) is 6. The predicted octanol–water partition coefficient (Wildman–Crippen LogP) is -0.123. The van der Waals surface area contributed by atoms with Crippen LogP contribution in [0.25, 0.3) is 11.2 Å². The highest BCUT2D eigenvalue weighted by molar-refractivity contribution is 5.69. The van der Waals surface area contributed by atoms with Gasteiger partial charge in [0, 0.05) is 27.1 Å². The molecule has 0 aliphatic rings. The van der Waals surface area contributed by atoms with E-state index in [-0.39, 0.29) is 24.4 Å². The molecule has 8 nitrogen and oxygen atoms in total. The van der Waals surface area contributed by atoms with E-state index in [1.54, 1.807) is 11.6 Å². The fraction of sp³-hybridized carbons (Fsp3) is 0.462. The molecule has 0 aromatic carbocycles. The van der Waals surface area contributed by atoms with Crippen LogP contribution < -0.4 is 11.2 Å². The van der Waals surface area contributed by atoms with E-state index in [0.717, 1.165) is 4.57 Å². The van der Waals surface area contributed by atoms with Gasteiger partial charge >= 0.3 is 5.69 Å². The van der Waals surface area contributed by atoms with Crippen molar-refractivity contribution in [3.05, 3.63) is 27.2 Å². The number of hydrogen-bond donors (Lipinski definition) is 0. The zero-order valence-electron chi connectivity index (χ0n) is 11.8. The molecule has 0 N–H and O–H groups in total. The summed E-state index contributed by atoms with van der Waals surface area (Å²) in [5, 5.41) is 17.7. The minimum atomic E-state index is -0.445. The summed E-state index contributed by atoms with van der Waals surface area (Å²) in [6.45, 7) is 0.266. The molecule has 8 heteroatoms. The Bertz CT molecular complexity index is 873. The van der Waals surface area contributed by atoms with Gasteiger partial charge in [0.15, 0.2) is 11.2 Å². The van der Waals surface area contributed by atoms with E-state index < -0.39 is 11.2 Å². The maximum Gasteiger partial charge on any atom is 0.332 e. The van der Waals surface area contributed by atoms with Crippen LogP contribution in [-0.2, 0) is 20.6 Å². The first-order valence-electron chi connectivity index (χ1n) is 6.38. The Kier molecular flexibility index (Phi) is 3.90. The Balaban J connectivity index is 2.53. The molecule has 0 bridgehead atoms. The van der Waals surface area contributed by atoms with Crippen molar-refractivity contribution < 1.29 is 0 Å². The molecule has 0 saturated heterocycles. The van der Waals surface area contributed by atoms with E-state index in [1.165, 1.54) is 17.9 Å². The lowest BCUT2D eigenvalue weighted by Crippen LogP contribution is -2.37. The van der Waals surface area contributed by atoms with E-state index in [1.807, 2.05) is 6.07 Å². The monoisotopic (exact) mass is 286 g/mol. The standard InChI is InChI=1S/C13H14N6O2/c1-17-11-10(12(20)18(2)13(17)21)19(8-16-11)7-9(6-15)4-3-5-14/h8-9H,3-4,7H2,1-2H3. The van der Waals surface area contributed by atoms with Gasteiger partial charge in [-0.25, -0.2) is 9.78 Å². The summed E-state index contributed by atoms with van der Waals surface area (Å²) in [4.78, 5) is 28.1. The number of hydrogen-bond acceptors (Lipinski definition) is 5. The molecule has 1 atom stereocenters. The molecule has 2 aromatic rings. The van der Waals surface area contributed by atoms with Crippen LogP contribution in [0.15, 0.2) is 15.9 Å². The first-order valence-corrected chi connectivity index (χ1v) is 6.38. The summed E-state index contributed by atoms with van der Waals surface area (Å²) < 4.78 is 3.88. The van der Waals surface area contributed by atoms with Crippen molar-refractivity contribution in [1.82, 2.24) is 18.7 Å². The van der Waals surface area contributed by atoms with Crippen LogP contribution in [0.5, 0.6) is 0 Å². The number of nitriles is 2. The van der Waals surface area contributed by atoms with E-state index in [9.17, 15) is 9.59 Å². The molecule has 2 aromatic heterocycles. The van der Waals surface area contributed by atoms with Crippen LogP contribution in [0.2, 0.25) is 0 Å². The van der Waals surface area contributed by atoms with Crippen LogP contribution in [0.1, 0.15) is 12.8 Å². The fourth-order valence-electron chi connectivity index (χ4n) is 2.21. The van der Waals surface area contributed by atoms with E-state index >= 15 is 0 Å². The van der Waals surface area contributed by atoms with Crippen LogP contribution >= 0.6 is 0 Å². The zero-order valence-corrected chi connectivity index (χ0v) is 11.8. The maximum absolute atomic E-state index is 12.2. The highest BCUT2D eigenvalue weighted by Gasteiger charge is 2.16. The third kappa shape index (κ3) is 2.43. The fourth-order valence-corrected chi connectivity index (χ4v) is 2.21. The van der Waals surface area contributed by atoms with E-state index in [2.05, 4.69) is 11.1 Å². The molecular weight excluding hydrogens is 272 g/mol. The summed E-state index contributed by atoms with van der Waals surface area (Å²) in [6.07, 6.45) is 2.16. The topological polar surface area (TPSA) is 109 Å². The molecule has 2 rings (SSSR count). The van der Waals surface area contributed by atoms with Crippen LogP contribution in [0.4, 0.5) is 0 Å². The summed E-state index contributed by atoms with van der Waals surface area (Å²) >= 11 is 0. The maximum atomic E-state index is 12.2. The molecule has 21 heavy (non-hydrogen) atoms. The Morgan fingerprint density at radius 3 is 2.62 bits per heavy atom. The average Bonchev–Trinajstić information content (AvgIpc) is 2.90. The third-order valence-corrected chi connectivity index (χ3v) is 3.42. The van der Waals surface area contributed by atoms with Crippen molar-refractivity contribution in [2.24, 2.45) is 20.0 Å². The van der Waals surface area contributed by atoms with Gasteiger partial charge in [-0.05, 0) is 6.42 Å². The molecule has 1 unspecified atom stereocenters. The van der Waals surface area contributed by atoms with Crippen molar-refractivity contribution in [3.63, 3.8) is 0 Å².